The molecular formula is C10H14N2OS2. The van der Waals surface area contributed by atoms with Gasteiger partial charge in [-0.05, 0) is 6.92 Å². The van der Waals surface area contributed by atoms with Crippen molar-refractivity contribution in [2.24, 2.45) is 0 Å². The molecule has 1 aliphatic rings. The first kappa shape index (κ1) is 11.1. The number of imidazole rings is 1. The fourth-order valence-corrected chi connectivity index (χ4v) is 4.18. The molecule has 1 atom stereocenters. The lowest BCUT2D eigenvalue weighted by molar-refractivity contribution is 0.0981. The molecule has 0 aromatic carbocycles. The molecule has 3 nitrogen and oxygen atoms in total. The van der Waals surface area contributed by atoms with Gasteiger partial charge >= 0.3 is 0 Å². The van der Waals surface area contributed by atoms with Crippen LogP contribution in [0.1, 0.15) is 17.5 Å². The van der Waals surface area contributed by atoms with E-state index in [1.54, 1.807) is 18.0 Å². The quantitative estimate of drug-likeness (QED) is 0.759. The largest absolute Gasteiger partial charge is 0.329 e. The first-order valence-electron chi connectivity index (χ1n) is 5.07. The highest BCUT2D eigenvalue weighted by atomic mass is 32.2. The Kier molecular flexibility index (Phi) is 3.75. The third kappa shape index (κ3) is 2.39. The lowest BCUT2D eigenvalue weighted by Crippen LogP contribution is -2.27. The summed E-state index contributed by atoms with van der Waals surface area (Å²) >= 11 is 3.63. The van der Waals surface area contributed by atoms with Crippen LogP contribution in [0.15, 0.2) is 12.4 Å². The van der Waals surface area contributed by atoms with Gasteiger partial charge in [0.05, 0.1) is 5.25 Å². The minimum absolute atomic E-state index is 0.108. The van der Waals surface area contributed by atoms with E-state index in [2.05, 4.69) is 4.98 Å². The van der Waals surface area contributed by atoms with Crippen molar-refractivity contribution in [2.75, 3.05) is 17.3 Å². The summed E-state index contributed by atoms with van der Waals surface area (Å²) in [6.45, 7) is 2.84. The summed E-state index contributed by atoms with van der Waals surface area (Å²) in [4.78, 5) is 16.3. The number of ketones is 1. The Morgan fingerprint density at radius 1 is 1.67 bits per heavy atom. The Morgan fingerprint density at radius 2 is 2.53 bits per heavy atom. The Bertz CT molecular complexity index is 345. The summed E-state index contributed by atoms with van der Waals surface area (Å²) in [5.41, 5.74) is 0. The van der Waals surface area contributed by atoms with Gasteiger partial charge in [-0.2, -0.15) is 11.8 Å². The van der Waals surface area contributed by atoms with Crippen molar-refractivity contribution >= 4 is 29.3 Å². The zero-order chi connectivity index (χ0) is 10.7. The Morgan fingerprint density at radius 3 is 3.20 bits per heavy atom. The van der Waals surface area contributed by atoms with E-state index in [1.807, 2.05) is 29.4 Å². The van der Waals surface area contributed by atoms with Crippen LogP contribution in [0.3, 0.4) is 0 Å². The number of hydrogen-bond acceptors (Lipinski definition) is 4. The van der Waals surface area contributed by atoms with E-state index in [0.717, 1.165) is 23.8 Å². The summed E-state index contributed by atoms with van der Waals surface area (Å²) in [5, 5.41) is 0.108. The molecule has 1 aromatic heterocycles. The minimum atomic E-state index is 0.108. The number of carbonyl (C=O) groups excluding carboxylic acids is 1. The van der Waals surface area contributed by atoms with E-state index in [-0.39, 0.29) is 11.0 Å². The second-order valence-electron chi connectivity index (χ2n) is 3.34. The number of nitrogens with zero attached hydrogens (tertiary/aromatic N) is 2. The maximum atomic E-state index is 12.1. The van der Waals surface area contributed by atoms with Gasteiger partial charge in [-0.3, -0.25) is 4.79 Å². The van der Waals surface area contributed by atoms with Gasteiger partial charge in [0.25, 0.3) is 0 Å². The number of aromatic nitrogens is 2. The fraction of sp³-hybridized carbons (Fsp3) is 0.600. The minimum Gasteiger partial charge on any atom is -0.329 e. The van der Waals surface area contributed by atoms with Gasteiger partial charge in [0.15, 0.2) is 5.82 Å². The summed E-state index contributed by atoms with van der Waals surface area (Å²) in [6, 6.07) is 0. The lowest BCUT2D eigenvalue weighted by Gasteiger charge is -2.19. The third-order valence-electron chi connectivity index (χ3n) is 2.38. The average molecular weight is 242 g/mol. The molecule has 0 aliphatic carbocycles. The normalized spacial score (nSPS) is 21.5. The van der Waals surface area contributed by atoms with Crippen LogP contribution >= 0.6 is 23.5 Å². The highest BCUT2D eigenvalue weighted by Gasteiger charge is 2.26. The molecular weight excluding hydrogens is 228 g/mol. The van der Waals surface area contributed by atoms with Gasteiger partial charge < -0.3 is 4.57 Å². The number of Topliss-reactive ketones (excluding diaryl/α,β-unsaturated/α-hetero) is 1. The van der Waals surface area contributed by atoms with Crippen molar-refractivity contribution < 1.29 is 4.79 Å². The molecule has 0 bridgehead atoms. The van der Waals surface area contributed by atoms with E-state index in [9.17, 15) is 4.79 Å². The number of carbonyl (C=O) groups is 1. The predicted octanol–water partition coefficient (Wildman–Crippen LogP) is 1.93. The number of rotatable bonds is 3. The van der Waals surface area contributed by atoms with Gasteiger partial charge in [-0.15, -0.1) is 11.8 Å². The second kappa shape index (κ2) is 5.07. The van der Waals surface area contributed by atoms with Crippen molar-refractivity contribution in [2.45, 2.75) is 18.7 Å². The molecule has 1 saturated heterocycles. The van der Waals surface area contributed by atoms with Gasteiger partial charge in [-0.25, -0.2) is 4.98 Å². The Balaban J connectivity index is 2.12. The van der Waals surface area contributed by atoms with Crippen LogP contribution in [-0.2, 0) is 6.54 Å². The molecule has 2 rings (SSSR count). The van der Waals surface area contributed by atoms with Crippen LogP contribution in [0.2, 0.25) is 0 Å². The molecule has 82 valence electrons. The fourth-order valence-electron chi connectivity index (χ4n) is 1.57. The van der Waals surface area contributed by atoms with E-state index in [0.29, 0.717) is 5.82 Å². The molecule has 0 spiro atoms. The highest BCUT2D eigenvalue weighted by molar-refractivity contribution is 8.07. The van der Waals surface area contributed by atoms with Crippen LogP contribution in [0.4, 0.5) is 0 Å². The van der Waals surface area contributed by atoms with Crippen molar-refractivity contribution in [3.63, 3.8) is 0 Å². The molecule has 0 N–H and O–H groups in total. The maximum absolute atomic E-state index is 12.1. The van der Waals surface area contributed by atoms with E-state index in [1.165, 1.54) is 0 Å². The molecule has 2 heterocycles. The maximum Gasteiger partial charge on any atom is 0.211 e. The molecule has 1 aromatic rings. The van der Waals surface area contributed by atoms with Gasteiger partial charge in [0.2, 0.25) is 5.78 Å². The van der Waals surface area contributed by atoms with Gasteiger partial charge in [0, 0.05) is 36.2 Å². The standard InChI is InChI=1S/C10H14N2OS2/c1-2-12-4-3-11-10(12)9(13)8-7-14-5-6-15-8/h3-4,8H,2,5-7H2,1H3. The molecule has 1 aliphatic heterocycles. The smallest absolute Gasteiger partial charge is 0.211 e. The molecule has 15 heavy (non-hydrogen) atoms. The predicted molar refractivity (Wildman–Crippen MR) is 65.8 cm³/mol. The molecule has 1 fully saturated rings. The average Bonchev–Trinajstić information content (AvgIpc) is 2.77. The summed E-state index contributed by atoms with van der Waals surface area (Å²) < 4.78 is 1.92. The van der Waals surface area contributed by atoms with Crippen LogP contribution in [0.5, 0.6) is 0 Å². The second-order valence-corrected chi connectivity index (χ2v) is 5.80. The Labute approximate surface area is 98.0 Å². The number of thioether (sulfide) groups is 2. The topological polar surface area (TPSA) is 34.9 Å². The van der Waals surface area contributed by atoms with Crippen molar-refractivity contribution in [3.8, 4) is 0 Å². The highest BCUT2D eigenvalue weighted by Crippen LogP contribution is 2.26. The van der Waals surface area contributed by atoms with E-state index in [4.69, 9.17) is 0 Å². The van der Waals surface area contributed by atoms with Crippen LogP contribution < -0.4 is 0 Å². The molecule has 0 saturated carbocycles. The SMILES string of the molecule is CCn1ccnc1C(=O)C1CSCCS1. The van der Waals surface area contributed by atoms with Gasteiger partial charge in [-0.1, -0.05) is 0 Å². The van der Waals surface area contributed by atoms with E-state index >= 15 is 0 Å². The zero-order valence-corrected chi connectivity index (χ0v) is 10.3. The van der Waals surface area contributed by atoms with Crippen LogP contribution in [0, 0.1) is 0 Å². The molecule has 0 radical (unpaired) electrons. The monoisotopic (exact) mass is 242 g/mol. The van der Waals surface area contributed by atoms with Crippen molar-refractivity contribution in [3.05, 3.63) is 18.2 Å². The van der Waals surface area contributed by atoms with Crippen LogP contribution in [0.25, 0.3) is 0 Å². The first-order valence-corrected chi connectivity index (χ1v) is 7.28. The van der Waals surface area contributed by atoms with Crippen molar-refractivity contribution in [1.29, 1.82) is 0 Å². The molecule has 5 heteroatoms. The molecule has 0 amide bonds. The zero-order valence-electron chi connectivity index (χ0n) is 8.68. The van der Waals surface area contributed by atoms with E-state index < -0.39 is 0 Å². The molecule has 1 unspecified atom stereocenters. The summed E-state index contributed by atoms with van der Waals surface area (Å²) in [7, 11) is 0. The summed E-state index contributed by atoms with van der Waals surface area (Å²) in [6.07, 6.45) is 3.57. The number of aryl methyl sites for hydroxylation is 1. The van der Waals surface area contributed by atoms with Gasteiger partial charge in [0.1, 0.15) is 0 Å². The lowest BCUT2D eigenvalue weighted by atomic mass is 10.3. The van der Waals surface area contributed by atoms with Crippen LogP contribution in [-0.4, -0.2) is 37.8 Å². The van der Waals surface area contributed by atoms with Crippen molar-refractivity contribution in [1.82, 2.24) is 9.55 Å². The Hall–Kier alpha value is -0.420. The first-order chi connectivity index (χ1) is 7.33. The number of hydrogen-bond donors (Lipinski definition) is 0. The third-order valence-corrected chi connectivity index (χ3v) is 5.14. The summed E-state index contributed by atoms with van der Waals surface area (Å²) in [5.74, 6) is 3.99.